The second kappa shape index (κ2) is 9.94. The standard InChI is InChI=1S/C26H26N2O3/c29-25(19-31-24-16-8-6-13-21(24)20-11-3-1-4-12-20)27-23-15-7-5-14-22(23)26(30)28-17-9-2-10-18-28/h1,3-8,11-16H,2,9-10,17-19H2,(H,27,29). The molecule has 158 valence electrons. The molecule has 5 heteroatoms. The van der Waals surface area contributed by atoms with Crippen LogP contribution in [0.2, 0.25) is 0 Å². The average Bonchev–Trinajstić information content (AvgIpc) is 2.84. The number of rotatable bonds is 6. The summed E-state index contributed by atoms with van der Waals surface area (Å²) in [6, 6.07) is 24.7. The number of carbonyl (C=O) groups excluding carboxylic acids is 2. The maximum Gasteiger partial charge on any atom is 0.262 e. The number of para-hydroxylation sites is 2. The van der Waals surface area contributed by atoms with E-state index in [0.717, 1.165) is 43.5 Å². The van der Waals surface area contributed by atoms with Crippen molar-refractivity contribution in [3.63, 3.8) is 0 Å². The number of carbonyl (C=O) groups is 2. The zero-order valence-corrected chi connectivity index (χ0v) is 17.4. The second-order valence-corrected chi connectivity index (χ2v) is 7.60. The van der Waals surface area contributed by atoms with Crippen LogP contribution in [-0.4, -0.2) is 36.4 Å². The van der Waals surface area contributed by atoms with Gasteiger partial charge in [0.15, 0.2) is 6.61 Å². The highest BCUT2D eigenvalue weighted by atomic mass is 16.5. The SMILES string of the molecule is O=C(COc1ccccc1-c1ccccc1)Nc1ccccc1C(=O)N1CCCCC1. The van der Waals surface area contributed by atoms with Gasteiger partial charge in [-0.15, -0.1) is 0 Å². The number of ether oxygens (including phenoxy) is 1. The van der Waals surface area contributed by atoms with Gasteiger partial charge in [-0.05, 0) is 43.0 Å². The van der Waals surface area contributed by atoms with E-state index in [1.165, 1.54) is 0 Å². The van der Waals surface area contributed by atoms with E-state index in [2.05, 4.69) is 5.32 Å². The predicted molar refractivity (Wildman–Crippen MR) is 122 cm³/mol. The molecular formula is C26H26N2O3. The van der Waals surface area contributed by atoms with Crippen molar-refractivity contribution < 1.29 is 14.3 Å². The Kier molecular flexibility index (Phi) is 6.62. The van der Waals surface area contributed by atoms with Crippen LogP contribution < -0.4 is 10.1 Å². The van der Waals surface area contributed by atoms with Crippen LogP contribution >= 0.6 is 0 Å². The van der Waals surface area contributed by atoms with E-state index in [1.807, 2.05) is 71.6 Å². The van der Waals surface area contributed by atoms with Crippen LogP contribution in [0.25, 0.3) is 11.1 Å². The highest BCUT2D eigenvalue weighted by Crippen LogP contribution is 2.29. The number of likely N-dealkylation sites (tertiary alicyclic amines) is 1. The Morgan fingerprint density at radius 3 is 2.29 bits per heavy atom. The van der Waals surface area contributed by atoms with E-state index < -0.39 is 0 Å². The number of nitrogens with one attached hydrogen (secondary N) is 1. The minimum atomic E-state index is -0.304. The topological polar surface area (TPSA) is 58.6 Å². The number of hydrogen-bond donors (Lipinski definition) is 1. The van der Waals surface area contributed by atoms with E-state index in [1.54, 1.807) is 12.1 Å². The van der Waals surface area contributed by atoms with E-state index in [-0.39, 0.29) is 18.4 Å². The third-order valence-electron chi connectivity index (χ3n) is 5.41. The third-order valence-corrected chi connectivity index (χ3v) is 5.41. The van der Waals surface area contributed by atoms with Crippen LogP contribution in [0, 0.1) is 0 Å². The Bertz CT molecular complexity index is 1040. The lowest BCUT2D eigenvalue weighted by atomic mass is 10.1. The molecule has 1 saturated heterocycles. The van der Waals surface area contributed by atoms with Crippen molar-refractivity contribution in [2.75, 3.05) is 25.0 Å². The first kappa shape index (κ1) is 20.7. The first-order valence-electron chi connectivity index (χ1n) is 10.7. The van der Waals surface area contributed by atoms with Crippen LogP contribution in [0.4, 0.5) is 5.69 Å². The Balaban J connectivity index is 1.43. The highest BCUT2D eigenvalue weighted by Gasteiger charge is 2.21. The van der Waals surface area contributed by atoms with Gasteiger partial charge in [0.05, 0.1) is 11.3 Å². The normalized spacial score (nSPS) is 13.5. The Labute approximate surface area is 182 Å². The first-order valence-corrected chi connectivity index (χ1v) is 10.7. The fourth-order valence-electron chi connectivity index (χ4n) is 3.82. The molecule has 3 aromatic rings. The smallest absolute Gasteiger partial charge is 0.262 e. The summed E-state index contributed by atoms with van der Waals surface area (Å²) in [5.41, 5.74) is 2.98. The largest absolute Gasteiger partial charge is 0.483 e. The molecule has 1 aliphatic rings. The number of benzene rings is 3. The first-order chi connectivity index (χ1) is 15.2. The molecule has 0 bridgehead atoms. The summed E-state index contributed by atoms with van der Waals surface area (Å²) in [6.45, 7) is 1.39. The van der Waals surface area contributed by atoms with Gasteiger partial charge in [0.25, 0.3) is 11.8 Å². The summed E-state index contributed by atoms with van der Waals surface area (Å²) >= 11 is 0. The molecule has 0 spiro atoms. The van der Waals surface area contributed by atoms with Crippen molar-refractivity contribution in [2.24, 2.45) is 0 Å². The molecule has 5 nitrogen and oxygen atoms in total. The van der Waals surface area contributed by atoms with Gasteiger partial charge < -0.3 is 15.0 Å². The monoisotopic (exact) mass is 414 g/mol. The molecule has 0 atom stereocenters. The fraction of sp³-hybridized carbons (Fsp3) is 0.231. The van der Waals surface area contributed by atoms with Crippen LogP contribution in [0.3, 0.4) is 0 Å². The number of piperidine rings is 1. The number of nitrogens with zero attached hydrogens (tertiary/aromatic N) is 1. The molecule has 0 radical (unpaired) electrons. The van der Waals surface area contributed by atoms with Crippen LogP contribution in [-0.2, 0) is 4.79 Å². The van der Waals surface area contributed by atoms with Crippen molar-refractivity contribution in [1.29, 1.82) is 0 Å². The lowest BCUT2D eigenvalue weighted by Crippen LogP contribution is -2.36. The number of amides is 2. The lowest BCUT2D eigenvalue weighted by Gasteiger charge is -2.27. The summed E-state index contributed by atoms with van der Waals surface area (Å²) in [7, 11) is 0. The molecule has 31 heavy (non-hydrogen) atoms. The third kappa shape index (κ3) is 5.12. The molecule has 0 aromatic heterocycles. The zero-order valence-electron chi connectivity index (χ0n) is 17.4. The van der Waals surface area contributed by atoms with Crippen molar-refractivity contribution in [3.05, 3.63) is 84.4 Å². The fourth-order valence-corrected chi connectivity index (χ4v) is 3.82. The summed E-state index contributed by atoms with van der Waals surface area (Å²) in [4.78, 5) is 27.4. The van der Waals surface area contributed by atoms with Crippen LogP contribution in [0.5, 0.6) is 5.75 Å². The van der Waals surface area contributed by atoms with Crippen molar-refractivity contribution in [1.82, 2.24) is 4.90 Å². The summed E-state index contributed by atoms with van der Waals surface area (Å²) in [5, 5.41) is 2.85. The number of hydrogen-bond acceptors (Lipinski definition) is 3. The van der Waals surface area contributed by atoms with Gasteiger partial charge in [0.1, 0.15) is 5.75 Å². The van der Waals surface area contributed by atoms with Gasteiger partial charge >= 0.3 is 0 Å². The predicted octanol–water partition coefficient (Wildman–Crippen LogP) is 5.00. The van der Waals surface area contributed by atoms with E-state index >= 15 is 0 Å². The van der Waals surface area contributed by atoms with Gasteiger partial charge in [0, 0.05) is 18.7 Å². The van der Waals surface area contributed by atoms with Crippen molar-refractivity contribution in [2.45, 2.75) is 19.3 Å². The van der Waals surface area contributed by atoms with Gasteiger partial charge in [-0.2, -0.15) is 0 Å². The Hall–Kier alpha value is -3.60. The number of anilines is 1. The molecular weight excluding hydrogens is 388 g/mol. The van der Waals surface area contributed by atoms with Crippen molar-refractivity contribution in [3.8, 4) is 16.9 Å². The van der Waals surface area contributed by atoms with E-state index in [9.17, 15) is 9.59 Å². The Morgan fingerprint density at radius 2 is 1.48 bits per heavy atom. The van der Waals surface area contributed by atoms with Gasteiger partial charge in [-0.25, -0.2) is 0 Å². The van der Waals surface area contributed by atoms with Gasteiger partial charge in [-0.3, -0.25) is 9.59 Å². The molecule has 1 N–H and O–H groups in total. The quantitative estimate of drug-likeness (QED) is 0.618. The minimum absolute atomic E-state index is 0.0362. The molecule has 3 aromatic carbocycles. The molecule has 0 unspecified atom stereocenters. The zero-order chi connectivity index (χ0) is 21.5. The van der Waals surface area contributed by atoms with E-state index in [0.29, 0.717) is 17.0 Å². The van der Waals surface area contributed by atoms with Gasteiger partial charge in [-0.1, -0.05) is 60.7 Å². The molecule has 0 aliphatic carbocycles. The van der Waals surface area contributed by atoms with Crippen LogP contribution in [0.1, 0.15) is 29.6 Å². The maximum atomic E-state index is 12.9. The maximum absolute atomic E-state index is 12.9. The van der Waals surface area contributed by atoms with Crippen molar-refractivity contribution >= 4 is 17.5 Å². The van der Waals surface area contributed by atoms with Crippen LogP contribution in [0.15, 0.2) is 78.9 Å². The molecule has 1 fully saturated rings. The second-order valence-electron chi connectivity index (χ2n) is 7.60. The molecule has 2 amide bonds. The Morgan fingerprint density at radius 1 is 0.806 bits per heavy atom. The molecule has 0 saturated carbocycles. The van der Waals surface area contributed by atoms with Gasteiger partial charge in [0.2, 0.25) is 0 Å². The molecule has 1 aliphatic heterocycles. The average molecular weight is 415 g/mol. The minimum Gasteiger partial charge on any atom is -0.483 e. The molecule has 4 rings (SSSR count). The summed E-state index contributed by atoms with van der Waals surface area (Å²) in [6.07, 6.45) is 3.20. The lowest BCUT2D eigenvalue weighted by molar-refractivity contribution is -0.118. The summed E-state index contributed by atoms with van der Waals surface area (Å²) < 4.78 is 5.83. The highest BCUT2D eigenvalue weighted by molar-refractivity contribution is 6.04. The van der Waals surface area contributed by atoms with E-state index in [4.69, 9.17) is 4.74 Å². The molecule has 1 heterocycles. The summed E-state index contributed by atoms with van der Waals surface area (Å²) in [5.74, 6) is 0.300.